The first-order valence-electron chi connectivity index (χ1n) is 15.7. The molecule has 7 aromatic carbocycles. The number of nitrogens with zero attached hydrogens (tertiary/aromatic N) is 3. The largest absolute Gasteiger partial charge is 0.508 e. The van der Waals surface area contributed by atoms with E-state index in [4.69, 9.17) is 9.82 Å². The van der Waals surface area contributed by atoms with Crippen molar-refractivity contribution in [1.29, 1.82) is 0 Å². The van der Waals surface area contributed by atoms with Crippen molar-refractivity contribution in [3.05, 3.63) is 149 Å². The van der Waals surface area contributed by atoms with Gasteiger partial charge in [0.15, 0.2) is 17.4 Å². The summed E-state index contributed by atoms with van der Waals surface area (Å²) in [4.78, 5) is 47.3. The molecule has 0 bridgehead atoms. The molecule has 0 amide bonds. The van der Waals surface area contributed by atoms with Crippen LogP contribution in [0.5, 0.6) is 5.75 Å². The number of ketones is 2. The van der Waals surface area contributed by atoms with Gasteiger partial charge in [0.25, 0.3) is 0 Å². The van der Waals surface area contributed by atoms with Crippen molar-refractivity contribution in [1.82, 2.24) is 15.0 Å². The van der Waals surface area contributed by atoms with Gasteiger partial charge in [0.1, 0.15) is 18.7 Å². The summed E-state index contributed by atoms with van der Waals surface area (Å²) < 4.78 is 0. The van der Waals surface area contributed by atoms with Crippen LogP contribution in [0.4, 0.5) is 17.3 Å². The van der Waals surface area contributed by atoms with Crippen LogP contribution in [-0.4, -0.2) is 31.6 Å². The molecule has 0 radical (unpaired) electrons. The highest BCUT2D eigenvalue weighted by Gasteiger charge is 2.34. The van der Waals surface area contributed by atoms with E-state index in [-0.39, 0.29) is 41.0 Å². The van der Waals surface area contributed by atoms with E-state index in [2.05, 4.69) is 69.3 Å². The number of phenols is 1. The van der Waals surface area contributed by atoms with Crippen molar-refractivity contribution in [2.45, 2.75) is 6.61 Å². The van der Waals surface area contributed by atoms with E-state index in [1.54, 1.807) is 60.7 Å². The quantitative estimate of drug-likeness (QED) is 0.117. The lowest BCUT2D eigenvalue weighted by molar-refractivity contribution is 0.0979. The van der Waals surface area contributed by atoms with Gasteiger partial charge in [0.2, 0.25) is 5.95 Å². The molecule has 0 unspecified atom stereocenters. The average molecular weight is 640 g/mol. The highest BCUT2D eigenvalue weighted by atomic mass is 16.6. The molecular weight excluding hydrogens is 614 g/mol. The molecule has 1 heterocycles. The van der Waals surface area contributed by atoms with Crippen LogP contribution in [0.1, 0.15) is 37.4 Å². The van der Waals surface area contributed by atoms with E-state index in [1.165, 1.54) is 11.7 Å². The lowest BCUT2D eigenvalue weighted by Crippen LogP contribution is -2.24. The number of carbonyl (C=O) groups is 2. The molecule has 1 aliphatic rings. The van der Waals surface area contributed by atoms with E-state index in [0.717, 1.165) is 32.5 Å². The first kappa shape index (κ1) is 28.5. The normalized spacial score (nSPS) is 12.4. The van der Waals surface area contributed by atoms with E-state index in [0.29, 0.717) is 33.9 Å². The summed E-state index contributed by atoms with van der Waals surface area (Å²) in [5.41, 5.74) is 5.86. The number of hydrogen-bond acceptors (Lipinski definition) is 9. The minimum Gasteiger partial charge on any atom is -0.508 e. The highest BCUT2D eigenvalue weighted by Crippen LogP contribution is 2.40. The van der Waals surface area contributed by atoms with Crippen LogP contribution in [0.2, 0.25) is 0 Å². The molecular formula is C40H25N5O4. The molecule has 234 valence electrons. The molecule has 0 fully saturated rings. The molecule has 49 heavy (non-hydrogen) atoms. The molecule has 8 aromatic rings. The lowest BCUT2D eigenvalue weighted by Gasteiger charge is -2.23. The number of phenolic OH excluding ortho intramolecular Hbond substituents is 1. The fourth-order valence-electron chi connectivity index (χ4n) is 6.77. The van der Waals surface area contributed by atoms with Gasteiger partial charge in [-0.2, -0.15) is 4.98 Å². The lowest BCUT2D eigenvalue weighted by atomic mass is 9.82. The fraction of sp³-hybridized carbons (Fsp3) is 0.0250. The number of aromatic hydroxyl groups is 1. The number of benzene rings is 7. The summed E-state index contributed by atoms with van der Waals surface area (Å²) >= 11 is 0. The number of fused-ring (bicyclic) bond motifs is 2. The number of anilines is 3. The monoisotopic (exact) mass is 639 g/mol. The first-order valence-corrected chi connectivity index (χ1v) is 15.7. The molecule has 0 atom stereocenters. The van der Waals surface area contributed by atoms with Crippen molar-refractivity contribution in [3.8, 4) is 17.1 Å². The van der Waals surface area contributed by atoms with Crippen LogP contribution < -0.4 is 10.8 Å². The molecule has 1 aliphatic carbocycles. The zero-order chi connectivity index (χ0) is 33.1. The summed E-state index contributed by atoms with van der Waals surface area (Å²) in [6.45, 7) is 0.0247. The third-order valence-corrected chi connectivity index (χ3v) is 9.07. The maximum absolute atomic E-state index is 14.0. The molecule has 9 rings (SSSR count). The van der Waals surface area contributed by atoms with Crippen molar-refractivity contribution in [3.63, 3.8) is 0 Å². The zero-order valence-corrected chi connectivity index (χ0v) is 25.8. The van der Waals surface area contributed by atoms with Gasteiger partial charge in [-0.05, 0) is 56.6 Å². The molecule has 0 saturated heterocycles. The molecule has 9 heteroatoms. The Morgan fingerprint density at radius 2 is 1.27 bits per heavy atom. The summed E-state index contributed by atoms with van der Waals surface area (Å²) in [6.07, 6.45) is 1.43. The van der Waals surface area contributed by atoms with Crippen LogP contribution in [-0.2, 0) is 11.4 Å². The van der Waals surface area contributed by atoms with Crippen molar-refractivity contribution >= 4 is 61.2 Å². The Morgan fingerprint density at radius 1 is 0.612 bits per heavy atom. The molecule has 0 spiro atoms. The number of hydrogen-bond donors (Lipinski definition) is 3. The van der Waals surface area contributed by atoms with Crippen LogP contribution in [0.25, 0.3) is 43.7 Å². The van der Waals surface area contributed by atoms with Crippen molar-refractivity contribution in [2.75, 3.05) is 10.8 Å². The second kappa shape index (κ2) is 11.2. The molecule has 0 saturated carbocycles. The Morgan fingerprint density at radius 3 is 2.04 bits per heavy atom. The SMILES string of the molecule is O=C1c2ccccc2C(=O)c2c(Nc3ncnc(-c4ccc5ccc6cccc7ccc4c5c67)n3)ccc(NOCc3ccccc3O)c21. The maximum atomic E-state index is 14.0. The Labute approximate surface area is 279 Å². The smallest absolute Gasteiger partial charge is 0.230 e. The topological polar surface area (TPSA) is 126 Å². The number of nitrogens with one attached hydrogen (secondary N) is 2. The molecule has 0 aliphatic heterocycles. The van der Waals surface area contributed by atoms with Gasteiger partial charge in [-0.25, -0.2) is 9.97 Å². The van der Waals surface area contributed by atoms with Crippen molar-refractivity contribution < 1.29 is 19.5 Å². The van der Waals surface area contributed by atoms with E-state index in [9.17, 15) is 14.7 Å². The molecule has 1 aromatic heterocycles. The predicted octanol–water partition coefficient (Wildman–Crippen LogP) is 8.20. The third kappa shape index (κ3) is 4.63. The van der Waals surface area contributed by atoms with Crippen LogP contribution >= 0.6 is 0 Å². The molecule has 3 N–H and O–H groups in total. The van der Waals surface area contributed by atoms with Gasteiger partial charge in [0.05, 0.1) is 22.5 Å². The predicted molar refractivity (Wildman–Crippen MR) is 189 cm³/mol. The average Bonchev–Trinajstić information content (AvgIpc) is 3.14. The summed E-state index contributed by atoms with van der Waals surface area (Å²) in [7, 11) is 0. The van der Waals surface area contributed by atoms with Gasteiger partial charge in [-0.15, -0.1) is 0 Å². The second-order valence-corrected chi connectivity index (χ2v) is 11.9. The van der Waals surface area contributed by atoms with Crippen LogP contribution in [0, 0.1) is 0 Å². The van der Waals surface area contributed by atoms with Crippen LogP contribution in [0.15, 0.2) is 122 Å². The minimum absolute atomic E-state index is 0.0247. The first-order chi connectivity index (χ1) is 24.0. The van der Waals surface area contributed by atoms with Crippen LogP contribution in [0.3, 0.4) is 0 Å². The van der Waals surface area contributed by atoms with E-state index >= 15 is 0 Å². The summed E-state index contributed by atoms with van der Waals surface area (Å²) in [6, 6.07) is 35.8. The fourth-order valence-corrected chi connectivity index (χ4v) is 6.77. The van der Waals surface area contributed by atoms with Gasteiger partial charge >= 0.3 is 0 Å². The Balaban J connectivity index is 1.10. The maximum Gasteiger partial charge on any atom is 0.230 e. The van der Waals surface area contributed by atoms with E-state index in [1.807, 2.05) is 6.07 Å². The number of aromatic nitrogens is 3. The Hall–Kier alpha value is -6.71. The van der Waals surface area contributed by atoms with E-state index < -0.39 is 0 Å². The Kier molecular flexibility index (Phi) is 6.53. The molecule has 9 nitrogen and oxygen atoms in total. The number of rotatable bonds is 7. The second-order valence-electron chi connectivity index (χ2n) is 11.9. The standard InChI is InChI=1S/C40H25N5O4/c46-32-11-4-1-6-25(32)20-49-45-31-19-18-30(35-36(31)38(48)28-10-3-2-9-27(28)37(35)47)43-40-42-21-41-39(44-40)29-17-15-24-13-12-22-7-5-8-23-14-16-26(29)34(24)33(22)23/h1-19,21,45-46H,20H2,(H,41,42,43,44). The summed E-state index contributed by atoms with van der Waals surface area (Å²) in [5, 5.41) is 20.2. The number of carbonyl (C=O) groups excluding carboxylic acids is 2. The summed E-state index contributed by atoms with van der Waals surface area (Å²) in [5.74, 6) is 0.122. The third-order valence-electron chi connectivity index (χ3n) is 9.07. The van der Waals surface area contributed by atoms with Gasteiger partial charge < -0.3 is 10.4 Å². The number of para-hydroxylation sites is 1. The zero-order valence-electron chi connectivity index (χ0n) is 25.8. The van der Waals surface area contributed by atoms with Gasteiger partial charge in [0, 0.05) is 22.3 Å². The van der Waals surface area contributed by atoms with Gasteiger partial charge in [-0.3, -0.25) is 19.9 Å². The highest BCUT2D eigenvalue weighted by molar-refractivity contribution is 6.32. The van der Waals surface area contributed by atoms with Gasteiger partial charge in [-0.1, -0.05) is 91.0 Å². The Bertz CT molecular complexity index is 2620. The minimum atomic E-state index is -0.326. The van der Waals surface area contributed by atoms with Crippen molar-refractivity contribution in [2.24, 2.45) is 0 Å².